The maximum Gasteiger partial charge on any atom is 0.325 e. The number of carboxylic acid groups (broad SMARTS) is 1. The molecule has 0 saturated heterocycles. The molecular formula is C11H15N5O3. The zero-order valence-electron chi connectivity index (χ0n) is 10.5. The summed E-state index contributed by atoms with van der Waals surface area (Å²) in [6.07, 6.45) is 6.61. The van der Waals surface area contributed by atoms with Gasteiger partial charge in [-0.2, -0.15) is 0 Å². The van der Waals surface area contributed by atoms with E-state index in [-0.39, 0.29) is 25.7 Å². The van der Waals surface area contributed by atoms with Crippen LogP contribution in [0.3, 0.4) is 0 Å². The van der Waals surface area contributed by atoms with Gasteiger partial charge in [0.1, 0.15) is 12.2 Å². The second-order valence-corrected chi connectivity index (χ2v) is 3.68. The Bertz CT molecular complexity index is 491. The monoisotopic (exact) mass is 265 g/mol. The third-order valence-electron chi connectivity index (χ3n) is 2.26. The molecule has 0 saturated carbocycles. The first kappa shape index (κ1) is 14.5. The molecule has 0 radical (unpaired) electrons. The van der Waals surface area contributed by atoms with Crippen molar-refractivity contribution in [2.75, 3.05) is 13.1 Å². The summed E-state index contributed by atoms with van der Waals surface area (Å²) in [7, 11) is 0. The van der Waals surface area contributed by atoms with Gasteiger partial charge in [-0.25, -0.2) is 9.48 Å². The zero-order chi connectivity index (χ0) is 14.3. The van der Waals surface area contributed by atoms with Crippen molar-refractivity contribution in [3.63, 3.8) is 0 Å². The molecule has 8 nitrogen and oxygen atoms in total. The van der Waals surface area contributed by atoms with Crippen LogP contribution in [0, 0.1) is 12.3 Å². The first-order valence-electron chi connectivity index (χ1n) is 5.63. The van der Waals surface area contributed by atoms with Gasteiger partial charge in [0.15, 0.2) is 0 Å². The predicted molar refractivity (Wildman–Crippen MR) is 66.0 cm³/mol. The van der Waals surface area contributed by atoms with Gasteiger partial charge in [0.2, 0.25) is 0 Å². The SMILES string of the molecule is C#CCN(CC)C(=O)NCc1cn(CC(=O)O)nn1. The molecule has 0 unspecified atom stereocenters. The smallest absolute Gasteiger partial charge is 0.325 e. The Morgan fingerprint density at radius 3 is 2.95 bits per heavy atom. The second-order valence-electron chi connectivity index (χ2n) is 3.68. The number of aliphatic carboxylic acids is 1. The maximum atomic E-state index is 11.7. The summed E-state index contributed by atoms with van der Waals surface area (Å²) in [5, 5.41) is 18.6. The highest BCUT2D eigenvalue weighted by Crippen LogP contribution is 1.95. The number of hydrogen-bond acceptors (Lipinski definition) is 4. The lowest BCUT2D eigenvalue weighted by Crippen LogP contribution is -2.39. The Morgan fingerprint density at radius 1 is 1.63 bits per heavy atom. The topological polar surface area (TPSA) is 100 Å². The van der Waals surface area contributed by atoms with Gasteiger partial charge in [0, 0.05) is 6.54 Å². The van der Waals surface area contributed by atoms with Crippen molar-refractivity contribution in [3.8, 4) is 12.3 Å². The van der Waals surface area contributed by atoms with E-state index < -0.39 is 5.97 Å². The van der Waals surface area contributed by atoms with Gasteiger partial charge in [-0.3, -0.25) is 4.79 Å². The minimum Gasteiger partial charge on any atom is -0.480 e. The Balaban J connectivity index is 2.48. The lowest BCUT2D eigenvalue weighted by molar-refractivity contribution is -0.137. The van der Waals surface area contributed by atoms with Crippen LogP contribution >= 0.6 is 0 Å². The van der Waals surface area contributed by atoms with E-state index in [1.807, 2.05) is 6.92 Å². The van der Waals surface area contributed by atoms with Crippen molar-refractivity contribution in [3.05, 3.63) is 11.9 Å². The summed E-state index contributed by atoms with van der Waals surface area (Å²) >= 11 is 0. The molecule has 19 heavy (non-hydrogen) atoms. The van der Waals surface area contributed by atoms with Crippen LogP contribution in [0.2, 0.25) is 0 Å². The lowest BCUT2D eigenvalue weighted by atomic mass is 10.4. The number of terminal acetylenes is 1. The number of urea groups is 1. The molecule has 0 aromatic carbocycles. The van der Waals surface area contributed by atoms with Crippen LogP contribution in [0.4, 0.5) is 4.79 Å². The van der Waals surface area contributed by atoms with E-state index in [9.17, 15) is 9.59 Å². The molecule has 0 atom stereocenters. The van der Waals surface area contributed by atoms with Crippen molar-refractivity contribution in [2.24, 2.45) is 0 Å². The summed E-state index contributed by atoms with van der Waals surface area (Å²) in [6, 6.07) is -0.298. The van der Waals surface area contributed by atoms with E-state index in [0.717, 1.165) is 0 Å². The van der Waals surface area contributed by atoms with Gasteiger partial charge in [-0.15, -0.1) is 11.5 Å². The third-order valence-corrected chi connectivity index (χ3v) is 2.26. The van der Waals surface area contributed by atoms with Crippen molar-refractivity contribution in [1.29, 1.82) is 0 Å². The highest BCUT2D eigenvalue weighted by Gasteiger charge is 2.10. The molecule has 0 spiro atoms. The summed E-state index contributed by atoms with van der Waals surface area (Å²) in [5.74, 6) is 1.38. The molecule has 2 N–H and O–H groups in total. The van der Waals surface area contributed by atoms with E-state index in [2.05, 4.69) is 21.5 Å². The largest absolute Gasteiger partial charge is 0.480 e. The summed E-state index contributed by atoms with van der Waals surface area (Å²) in [4.78, 5) is 23.6. The molecule has 2 amide bonds. The summed E-state index contributed by atoms with van der Waals surface area (Å²) in [5.41, 5.74) is 0.478. The van der Waals surface area contributed by atoms with E-state index in [4.69, 9.17) is 11.5 Å². The van der Waals surface area contributed by atoms with Crippen LogP contribution in [-0.4, -0.2) is 50.1 Å². The average molecular weight is 265 g/mol. The molecule has 1 aromatic rings. The van der Waals surface area contributed by atoms with Crippen molar-refractivity contribution in [2.45, 2.75) is 20.0 Å². The number of nitrogens with one attached hydrogen (secondary N) is 1. The van der Waals surface area contributed by atoms with Crippen molar-refractivity contribution < 1.29 is 14.7 Å². The molecule has 1 heterocycles. The second kappa shape index (κ2) is 7.00. The highest BCUT2D eigenvalue weighted by atomic mass is 16.4. The van der Waals surface area contributed by atoms with Gasteiger partial charge in [-0.05, 0) is 6.92 Å². The molecule has 0 aliphatic rings. The third kappa shape index (κ3) is 4.67. The molecule has 1 aromatic heterocycles. The standard InChI is InChI=1S/C11H15N5O3/c1-3-5-15(4-2)11(19)12-6-9-7-16(14-13-9)8-10(17)18/h1,7H,4-6,8H2,2H3,(H,12,19)(H,17,18). The number of carbonyl (C=O) groups excluding carboxylic acids is 1. The number of carboxylic acids is 1. The van der Waals surface area contributed by atoms with Gasteiger partial charge in [-0.1, -0.05) is 11.1 Å². The van der Waals surface area contributed by atoms with Crippen molar-refractivity contribution in [1.82, 2.24) is 25.2 Å². The van der Waals surface area contributed by atoms with Crippen LogP contribution in [0.25, 0.3) is 0 Å². The van der Waals surface area contributed by atoms with E-state index in [0.29, 0.717) is 12.2 Å². The fraction of sp³-hybridized carbons (Fsp3) is 0.455. The minimum atomic E-state index is -1.01. The van der Waals surface area contributed by atoms with Crippen molar-refractivity contribution >= 4 is 12.0 Å². The van der Waals surface area contributed by atoms with Gasteiger partial charge in [0.05, 0.1) is 19.3 Å². The highest BCUT2D eigenvalue weighted by molar-refractivity contribution is 5.74. The molecule has 0 aliphatic carbocycles. The maximum absolute atomic E-state index is 11.7. The zero-order valence-corrected chi connectivity index (χ0v) is 10.5. The van der Waals surface area contributed by atoms with Crippen LogP contribution in [0.5, 0.6) is 0 Å². The average Bonchev–Trinajstić information content (AvgIpc) is 2.79. The number of amides is 2. The Labute approximate surface area is 110 Å². The molecule has 0 bridgehead atoms. The van der Waals surface area contributed by atoms with E-state index in [1.165, 1.54) is 15.8 Å². The Morgan fingerprint density at radius 2 is 2.37 bits per heavy atom. The van der Waals surface area contributed by atoms with Gasteiger partial charge >= 0.3 is 12.0 Å². The van der Waals surface area contributed by atoms with E-state index >= 15 is 0 Å². The summed E-state index contributed by atoms with van der Waals surface area (Å²) < 4.78 is 1.18. The first-order chi connectivity index (χ1) is 9.06. The quantitative estimate of drug-likeness (QED) is 0.677. The number of nitrogens with zero attached hydrogens (tertiary/aromatic N) is 4. The van der Waals surface area contributed by atoms with Gasteiger partial charge < -0.3 is 15.3 Å². The fourth-order valence-electron chi connectivity index (χ4n) is 1.35. The fourth-order valence-corrected chi connectivity index (χ4v) is 1.35. The minimum absolute atomic E-state index is 0.166. The Kier molecular flexibility index (Phi) is 5.35. The summed E-state index contributed by atoms with van der Waals surface area (Å²) in [6.45, 7) is 2.45. The molecule has 0 aliphatic heterocycles. The lowest BCUT2D eigenvalue weighted by Gasteiger charge is -2.17. The predicted octanol–water partition coefficient (Wildman–Crippen LogP) is -0.473. The Hall–Kier alpha value is -2.56. The van der Waals surface area contributed by atoms with E-state index in [1.54, 1.807) is 0 Å². The van der Waals surface area contributed by atoms with Crippen LogP contribution in [0.1, 0.15) is 12.6 Å². The van der Waals surface area contributed by atoms with Crippen LogP contribution < -0.4 is 5.32 Å². The first-order valence-corrected chi connectivity index (χ1v) is 5.63. The van der Waals surface area contributed by atoms with Crippen LogP contribution in [-0.2, 0) is 17.9 Å². The van der Waals surface area contributed by atoms with Crippen LogP contribution in [0.15, 0.2) is 6.20 Å². The molecule has 1 rings (SSSR count). The number of aromatic nitrogens is 3. The molecule has 102 valence electrons. The molecule has 8 heteroatoms. The number of carbonyl (C=O) groups is 2. The molecule has 0 fully saturated rings. The normalized spacial score (nSPS) is 9.68. The number of hydrogen-bond donors (Lipinski definition) is 2. The number of rotatable bonds is 6. The van der Waals surface area contributed by atoms with Gasteiger partial charge in [0.25, 0.3) is 0 Å². The molecular weight excluding hydrogens is 250 g/mol.